The van der Waals surface area contributed by atoms with Crippen LogP contribution in [0.3, 0.4) is 0 Å². The number of hydrogen-bond donors (Lipinski definition) is 0. The van der Waals surface area contributed by atoms with Crippen molar-refractivity contribution in [1.82, 2.24) is 0 Å². The zero-order valence-electron chi connectivity index (χ0n) is 10.7. The maximum atomic E-state index is 13.6. The summed E-state index contributed by atoms with van der Waals surface area (Å²) in [6.07, 6.45) is -0.251. The molecule has 0 spiro atoms. The Bertz CT molecular complexity index is 439. The van der Waals surface area contributed by atoms with E-state index in [-0.39, 0.29) is 22.2 Å². The van der Waals surface area contributed by atoms with Crippen LogP contribution in [0.2, 0.25) is 0 Å². The monoisotopic (exact) mass is 337 g/mol. The third-order valence-corrected chi connectivity index (χ3v) is 2.73. The molecule has 0 fully saturated rings. The zero-order valence-corrected chi connectivity index (χ0v) is 12.3. The molecule has 0 aromatic heterocycles. The van der Waals surface area contributed by atoms with Crippen molar-refractivity contribution in [2.45, 2.75) is 13.3 Å². The summed E-state index contributed by atoms with van der Waals surface area (Å²) >= 11 is 3.06. The van der Waals surface area contributed by atoms with E-state index in [0.717, 1.165) is 6.08 Å². The van der Waals surface area contributed by atoms with Crippen molar-refractivity contribution in [3.63, 3.8) is 0 Å². The van der Waals surface area contributed by atoms with E-state index in [1.165, 1.54) is 13.1 Å². The summed E-state index contributed by atoms with van der Waals surface area (Å²) in [7, 11) is 1.17. The first-order chi connectivity index (χ1) is 8.87. The minimum atomic E-state index is -2.86. The fourth-order valence-electron chi connectivity index (χ4n) is 1.00. The predicted octanol–water partition coefficient (Wildman–Crippen LogP) is 4.56. The first-order valence-electron chi connectivity index (χ1n) is 5.26. The molecule has 0 amide bonds. The van der Waals surface area contributed by atoms with E-state index in [2.05, 4.69) is 34.1 Å². The van der Waals surface area contributed by atoms with Crippen LogP contribution in [0.25, 0.3) is 0 Å². The molecule has 0 saturated carbocycles. The Hall–Kier alpha value is -1.30. The average molecular weight is 338 g/mol. The predicted molar refractivity (Wildman–Crippen MR) is 75.5 cm³/mol. The molecule has 0 radical (unpaired) electrons. The molecule has 0 rings (SSSR count). The molecule has 0 atom stereocenters. The SMILES string of the molecule is C=C(CBr)/C(F)=C\C(=C/C)C(=C)OC(=NC)C(F)F. The molecule has 0 bridgehead atoms. The van der Waals surface area contributed by atoms with Gasteiger partial charge in [-0.1, -0.05) is 35.2 Å². The average Bonchev–Trinajstić information content (AvgIpc) is 2.39. The number of rotatable bonds is 6. The van der Waals surface area contributed by atoms with Gasteiger partial charge < -0.3 is 4.74 Å². The highest BCUT2D eigenvalue weighted by Gasteiger charge is 2.16. The van der Waals surface area contributed by atoms with Crippen LogP contribution in [0.15, 0.2) is 53.0 Å². The molecule has 0 heterocycles. The molecule has 0 aliphatic rings. The van der Waals surface area contributed by atoms with Gasteiger partial charge in [-0.3, -0.25) is 4.99 Å². The largest absolute Gasteiger partial charge is 0.438 e. The Labute approximate surface area is 119 Å². The maximum Gasteiger partial charge on any atom is 0.312 e. The Morgan fingerprint density at radius 3 is 2.37 bits per heavy atom. The minimum absolute atomic E-state index is 0.110. The van der Waals surface area contributed by atoms with Gasteiger partial charge in [0.25, 0.3) is 5.90 Å². The van der Waals surface area contributed by atoms with Crippen molar-refractivity contribution in [3.8, 4) is 0 Å². The van der Waals surface area contributed by atoms with Gasteiger partial charge in [0.05, 0.1) is 0 Å². The Morgan fingerprint density at radius 1 is 1.42 bits per heavy atom. The molecule has 106 valence electrons. The highest BCUT2D eigenvalue weighted by molar-refractivity contribution is 9.09. The van der Waals surface area contributed by atoms with Crippen LogP contribution in [-0.4, -0.2) is 24.7 Å². The summed E-state index contributed by atoms with van der Waals surface area (Å²) in [5, 5.41) is 0.262. The smallest absolute Gasteiger partial charge is 0.312 e. The number of ether oxygens (including phenoxy) is 1. The van der Waals surface area contributed by atoms with E-state index in [1.54, 1.807) is 6.92 Å². The minimum Gasteiger partial charge on any atom is -0.438 e. The number of nitrogens with zero attached hydrogens (tertiary/aromatic N) is 1. The van der Waals surface area contributed by atoms with Crippen LogP contribution in [-0.2, 0) is 4.74 Å². The lowest BCUT2D eigenvalue weighted by Crippen LogP contribution is -2.14. The van der Waals surface area contributed by atoms with Crippen molar-refractivity contribution in [2.24, 2.45) is 4.99 Å². The molecule has 0 aromatic carbocycles. The third-order valence-electron chi connectivity index (χ3n) is 2.05. The van der Waals surface area contributed by atoms with Crippen molar-refractivity contribution in [3.05, 3.63) is 48.0 Å². The van der Waals surface area contributed by atoms with Crippen molar-refractivity contribution in [1.29, 1.82) is 0 Å². The van der Waals surface area contributed by atoms with Crippen LogP contribution in [0.1, 0.15) is 6.92 Å². The molecule has 0 aromatic rings. The Kier molecular flexibility index (Phi) is 8.14. The van der Waals surface area contributed by atoms with Gasteiger partial charge in [0, 0.05) is 18.0 Å². The van der Waals surface area contributed by atoms with E-state index >= 15 is 0 Å². The van der Waals surface area contributed by atoms with Crippen molar-refractivity contribution >= 4 is 21.8 Å². The number of halogens is 4. The number of aliphatic imine (C=N–C) groups is 1. The van der Waals surface area contributed by atoms with E-state index in [1.807, 2.05) is 0 Å². The second-order valence-corrected chi connectivity index (χ2v) is 3.92. The molecule has 19 heavy (non-hydrogen) atoms. The lowest BCUT2D eigenvalue weighted by atomic mass is 10.1. The quantitative estimate of drug-likeness (QED) is 0.229. The Balaban J connectivity index is 5.01. The topological polar surface area (TPSA) is 21.6 Å². The van der Waals surface area contributed by atoms with Crippen molar-refractivity contribution < 1.29 is 17.9 Å². The summed E-state index contributed by atoms with van der Waals surface area (Å²) in [4.78, 5) is 3.29. The van der Waals surface area contributed by atoms with Gasteiger partial charge in [-0.05, 0) is 18.6 Å². The molecule has 0 aliphatic heterocycles. The Morgan fingerprint density at radius 2 is 2.00 bits per heavy atom. The summed E-state index contributed by atoms with van der Waals surface area (Å²) in [5.74, 6) is -1.46. The molecule has 0 saturated heterocycles. The van der Waals surface area contributed by atoms with Crippen LogP contribution in [0, 0.1) is 0 Å². The van der Waals surface area contributed by atoms with E-state index in [4.69, 9.17) is 4.74 Å². The number of allylic oxidation sites excluding steroid dienone is 4. The van der Waals surface area contributed by atoms with Gasteiger partial charge >= 0.3 is 6.43 Å². The van der Waals surface area contributed by atoms with Crippen LogP contribution in [0.4, 0.5) is 13.2 Å². The molecular formula is C13H15BrF3NO. The first kappa shape index (κ1) is 17.7. The molecule has 0 unspecified atom stereocenters. The second kappa shape index (κ2) is 8.74. The summed E-state index contributed by atoms with van der Waals surface area (Å²) in [6, 6.07) is 0. The summed E-state index contributed by atoms with van der Waals surface area (Å²) < 4.78 is 43.3. The molecule has 0 aliphatic carbocycles. The lowest BCUT2D eigenvalue weighted by Gasteiger charge is -2.11. The first-order valence-corrected chi connectivity index (χ1v) is 6.39. The maximum absolute atomic E-state index is 13.6. The molecule has 0 N–H and O–H groups in total. The van der Waals surface area contributed by atoms with Gasteiger partial charge in [0.2, 0.25) is 0 Å². The fraction of sp³-hybridized carbons (Fsp3) is 0.308. The number of hydrogen-bond acceptors (Lipinski definition) is 2. The molecule has 2 nitrogen and oxygen atoms in total. The van der Waals surface area contributed by atoms with E-state index in [9.17, 15) is 13.2 Å². The molecule has 6 heteroatoms. The van der Waals surface area contributed by atoms with Gasteiger partial charge in [-0.25, -0.2) is 4.39 Å². The van der Waals surface area contributed by atoms with Gasteiger partial charge in [0.15, 0.2) is 0 Å². The second-order valence-electron chi connectivity index (χ2n) is 3.36. The summed E-state index contributed by atoms with van der Waals surface area (Å²) in [6.45, 7) is 8.58. The standard InChI is InChI=1S/C13H15BrF3NO/c1-5-10(6-11(15)8(2)7-14)9(3)19-13(18-4)12(16)17/h5-6,12H,2-3,7H2,1,4H3/b10-5+,11-6+,18-13?. The van der Waals surface area contributed by atoms with E-state index in [0.29, 0.717) is 0 Å². The highest BCUT2D eigenvalue weighted by atomic mass is 79.9. The van der Waals surface area contributed by atoms with Crippen LogP contribution in [0.5, 0.6) is 0 Å². The van der Waals surface area contributed by atoms with Crippen LogP contribution < -0.4 is 0 Å². The fourth-order valence-corrected chi connectivity index (χ4v) is 1.27. The van der Waals surface area contributed by atoms with Gasteiger partial charge in [-0.15, -0.1) is 0 Å². The third kappa shape index (κ3) is 5.92. The van der Waals surface area contributed by atoms with Gasteiger partial charge in [0.1, 0.15) is 11.6 Å². The number of alkyl halides is 3. The zero-order chi connectivity index (χ0) is 15.0. The highest BCUT2D eigenvalue weighted by Crippen LogP contribution is 2.20. The molecular weight excluding hydrogens is 323 g/mol. The van der Waals surface area contributed by atoms with E-state index < -0.39 is 18.2 Å². The van der Waals surface area contributed by atoms with Crippen molar-refractivity contribution in [2.75, 3.05) is 12.4 Å². The van der Waals surface area contributed by atoms with Gasteiger partial charge in [-0.2, -0.15) is 8.78 Å². The normalized spacial score (nSPS) is 13.7. The lowest BCUT2D eigenvalue weighted by molar-refractivity contribution is 0.189. The summed E-state index contributed by atoms with van der Waals surface area (Å²) in [5.41, 5.74) is 0.465. The van der Waals surface area contributed by atoms with Crippen LogP contribution >= 0.6 is 15.9 Å².